The number of cyclic esters (lactones) is 1. The van der Waals surface area contributed by atoms with Gasteiger partial charge in [-0.2, -0.15) is 0 Å². The Morgan fingerprint density at radius 3 is 2.66 bits per heavy atom. The molecule has 4 heterocycles. The number of aliphatic hydroxyl groups is 1. The molecule has 4 aliphatic rings. The van der Waals surface area contributed by atoms with E-state index in [0.717, 1.165) is 5.57 Å². The minimum Gasteiger partial charge on any atom is -0.457 e. The maximum absolute atomic E-state index is 14.7. The van der Waals surface area contributed by atoms with E-state index in [4.69, 9.17) is 9.47 Å². The molecule has 38 heavy (non-hydrogen) atoms. The van der Waals surface area contributed by atoms with Crippen molar-refractivity contribution in [2.75, 3.05) is 13.1 Å². The Hall–Kier alpha value is -3.40. The van der Waals surface area contributed by atoms with Crippen molar-refractivity contribution in [3.05, 3.63) is 59.3 Å². The monoisotopic (exact) mass is 529 g/mol. The third-order valence-corrected chi connectivity index (χ3v) is 6.94. The van der Waals surface area contributed by atoms with Gasteiger partial charge in [0.05, 0.1) is 6.10 Å². The molecule has 10 heteroatoms. The number of esters is 1. The average molecular weight is 530 g/mol. The van der Waals surface area contributed by atoms with E-state index in [9.17, 15) is 23.9 Å². The van der Waals surface area contributed by atoms with E-state index in [0.29, 0.717) is 24.5 Å². The number of halogens is 1. The third-order valence-electron chi connectivity index (χ3n) is 6.94. The van der Waals surface area contributed by atoms with Crippen LogP contribution in [0, 0.1) is 11.8 Å². The van der Waals surface area contributed by atoms with E-state index >= 15 is 0 Å². The molecule has 2 N–H and O–H groups in total. The van der Waals surface area contributed by atoms with Crippen LogP contribution in [0.1, 0.15) is 47.0 Å². The molecule has 5 atom stereocenters. The number of amides is 2. The van der Waals surface area contributed by atoms with Crippen molar-refractivity contribution in [2.45, 2.75) is 71.6 Å². The van der Waals surface area contributed by atoms with Gasteiger partial charge in [0.1, 0.15) is 18.0 Å². The molecule has 9 nitrogen and oxygen atoms in total. The number of rotatable bonds is 1. The van der Waals surface area contributed by atoms with Crippen LogP contribution in [0.25, 0.3) is 0 Å². The number of aliphatic hydroxyl groups excluding tert-OH is 1. The predicted molar refractivity (Wildman–Crippen MR) is 137 cm³/mol. The maximum Gasteiger partial charge on any atom is 0.355 e. The third kappa shape index (κ3) is 6.18. The van der Waals surface area contributed by atoms with Gasteiger partial charge in [0.15, 0.2) is 11.9 Å². The van der Waals surface area contributed by atoms with Crippen molar-refractivity contribution >= 4 is 17.8 Å². The molecule has 1 fully saturated rings. The molecule has 206 valence electrons. The van der Waals surface area contributed by atoms with Crippen LogP contribution in [-0.4, -0.2) is 70.4 Å². The molecule has 0 bridgehead atoms. The van der Waals surface area contributed by atoms with E-state index in [2.05, 4.69) is 5.32 Å². The summed E-state index contributed by atoms with van der Waals surface area (Å²) < 4.78 is 26.1. The second-order valence-corrected chi connectivity index (χ2v) is 10.5. The predicted octanol–water partition coefficient (Wildman–Crippen LogP) is 2.82. The number of carbonyl (C=O) groups is 3. The van der Waals surface area contributed by atoms with Gasteiger partial charge in [-0.25, -0.2) is 9.18 Å². The summed E-state index contributed by atoms with van der Waals surface area (Å²) in [6.45, 7) is 8.11. The number of nitrogens with zero attached hydrogens (tertiary/aromatic N) is 2. The van der Waals surface area contributed by atoms with Crippen LogP contribution in [0.4, 0.5) is 4.39 Å². The molecule has 0 radical (unpaired) electrons. The first kappa shape index (κ1) is 27.6. The number of carbonyl (C=O) groups excluding carboxylic acids is 3. The molecule has 0 saturated carbocycles. The normalized spacial score (nSPS) is 34.1. The summed E-state index contributed by atoms with van der Waals surface area (Å²) in [5.74, 6) is -1.16. The summed E-state index contributed by atoms with van der Waals surface area (Å²) in [4.78, 5) is 41.6. The quantitative estimate of drug-likeness (QED) is 0.503. The number of ether oxygens (including phenoxy) is 2. The molecular weight excluding hydrogens is 493 g/mol. The number of hydrogen-bond donors (Lipinski definition) is 2. The van der Waals surface area contributed by atoms with Crippen molar-refractivity contribution in [3.63, 3.8) is 0 Å². The van der Waals surface area contributed by atoms with Gasteiger partial charge in [-0.15, -0.1) is 0 Å². The Balaban J connectivity index is 1.52. The summed E-state index contributed by atoms with van der Waals surface area (Å²) >= 11 is 0. The summed E-state index contributed by atoms with van der Waals surface area (Å²) in [6.07, 6.45) is 6.78. The zero-order valence-electron chi connectivity index (χ0n) is 22.2. The maximum atomic E-state index is 14.7. The van der Waals surface area contributed by atoms with E-state index in [1.54, 1.807) is 42.2 Å². The van der Waals surface area contributed by atoms with E-state index < -0.39 is 30.6 Å². The molecule has 0 aliphatic carbocycles. The summed E-state index contributed by atoms with van der Waals surface area (Å²) in [6, 6.07) is 0. The van der Waals surface area contributed by atoms with Crippen LogP contribution < -0.4 is 5.32 Å². The van der Waals surface area contributed by atoms with Crippen LogP contribution in [0.2, 0.25) is 0 Å². The van der Waals surface area contributed by atoms with Gasteiger partial charge in [0.2, 0.25) is 11.8 Å². The van der Waals surface area contributed by atoms with Gasteiger partial charge < -0.3 is 24.8 Å². The Morgan fingerprint density at radius 1 is 1.16 bits per heavy atom. The SMILES string of the molecule is CC1=C/[C@@H](O)C[C@@H](F)CC2OC3=C(C(=O)N4CCC=C4C(=O)O[C@H](C(C)C)[C@H](C)/C=C\C(=O)NC/C=C\1)N32. The Morgan fingerprint density at radius 2 is 1.92 bits per heavy atom. The minimum absolute atomic E-state index is 0.00219. The lowest BCUT2D eigenvalue weighted by Gasteiger charge is -2.30. The second-order valence-electron chi connectivity index (χ2n) is 10.5. The van der Waals surface area contributed by atoms with Crippen molar-refractivity contribution in [1.29, 1.82) is 0 Å². The van der Waals surface area contributed by atoms with E-state index in [1.165, 1.54) is 11.0 Å². The first-order valence-corrected chi connectivity index (χ1v) is 13.1. The lowest BCUT2D eigenvalue weighted by atomic mass is 9.94. The number of fused-ring (bicyclic) bond motifs is 1. The molecule has 0 aromatic rings. The summed E-state index contributed by atoms with van der Waals surface area (Å²) in [7, 11) is 0. The highest BCUT2D eigenvalue weighted by Crippen LogP contribution is 2.49. The lowest BCUT2D eigenvalue weighted by Crippen LogP contribution is -2.39. The molecule has 1 saturated heterocycles. The van der Waals surface area contributed by atoms with Crippen molar-refractivity contribution in [2.24, 2.45) is 11.8 Å². The molecule has 4 rings (SSSR count). The van der Waals surface area contributed by atoms with Gasteiger partial charge in [0, 0.05) is 31.8 Å². The number of nitrogens with one attached hydrogen (secondary N) is 1. The highest BCUT2D eigenvalue weighted by atomic mass is 19.1. The Kier molecular flexibility index (Phi) is 8.40. The topological polar surface area (TPSA) is 108 Å². The molecular formula is C28H36FN3O6. The van der Waals surface area contributed by atoms with Gasteiger partial charge in [-0.1, -0.05) is 56.7 Å². The van der Waals surface area contributed by atoms with Gasteiger partial charge in [-0.3, -0.25) is 14.5 Å². The zero-order chi connectivity index (χ0) is 27.6. The van der Waals surface area contributed by atoms with Crippen LogP contribution in [-0.2, 0) is 23.9 Å². The summed E-state index contributed by atoms with van der Waals surface area (Å²) in [5.41, 5.74) is 1.23. The van der Waals surface area contributed by atoms with Crippen LogP contribution in [0.3, 0.4) is 0 Å². The van der Waals surface area contributed by atoms with Crippen LogP contribution >= 0.6 is 0 Å². The highest BCUT2D eigenvalue weighted by molar-refractivity contribution is 6.04. The first-order chi connectivity index (χ1) is 18.1. The number of alkyl halides is 1. The fourth-order valence-corrected chi connectivity index (χ4v) is 4.97. The van der Waals surface area contributed by atoms with Gasteiger partial charge >= 0.3 is 5.97 Å². The van der Waals surface area contributed by atoms with Crippen molar-refractivity contribution in [1.82, 2.24) is 15.1 Å². The lowest BCUT2D eigenvalue weighted by molar-refractivity contribution is -0.151. The van der Waals surface area contributed by atoms with Crippen LogP contribution in [0.5, 0.6) is 0 Å². The Labute approximate surface area is 222 Å². The zero-order valence-corrected chi connectivity index (χ0v) is 22.2. The standard InChI is InChI=1S/C28H36FN3O6/c1-16(2)25-18(4)9-10-22(34)30-11-5-7-17(3)13-20(33)14-19(29)15-23-32-24(27(32)37-23)26(35)31-12-6-8-21(31)28(36)38-25/h5,7-10,13,16,18-20,23,25,33H,6,11-12,14-15H2,1-4H3,(H,30,34)/b7-5-,10-9-,17-13-/t18-,19-,20-,23?,25-,32?/m1/s1. The van der Waals surface area contributed by atoms with Gasteiger partial charge in [-0.05, 0) is 25.3 Å². The number of allylic oxidation sites excluding steroid dienone is 2. The first-order valence-electron chi connectivity index (χ1n) is 13.1. The molecule has 1 unspecified atom stereocenters. The molecule has 0 spiro atoms. The Bertz CT molecular complexity index is 1120. The van der Waals surface area contributed by atoms with Crippen molar-refractivity contribution in [3.8, 4) is 0 Å². The smallest absolute Gasteiger partial charge is 0.355 e. The van der Waals surface area contributed by atoms with Gasteiger partial charge in [0.25, 0.3) is 5.91 Å². The van der Waals surface area contributed by atoms with Crippen molar-refractivity contribution < 1.29 is 33.4 Å². The highest BCUT2D eigenvalue weighted by Gasteiger charge is 2.58. The van der Waals surface area contributed by atoms with E-state index in [1.807, 2.05) is 20.8 Å². The number of hydrogen-bond acceptors (Lipinski definition) is 7. The second kappa shape index (κ2) is 11.6. The summed E-state index contributed by atoms with van der Waals surface area (Å²) in [5, 5.41) is 13.0. The fraction of sp³-hybridized carbons (Fsp3) is 0.536. The fourth-order valence-electron chi connectivity index (χ4n) is 4.97. The minimum atomic E-state index is -1.35. The van der Waals surface area contributed by atoms with E-state index in [-0.39, 0.29) is 48.7 Å². The molecule has 0 aromatic carbocycles. The molecule has 0 aromatic heterocycles. The molecule has 4 aliphatic heterocycles. The molecule has 2 amide bonds. The van der Waals surface area contributed by atoms with Crippen LogP contribution in [0.15, 0.2) is 59.3 Å². The largest absolute Gasteiger partial charge is 0.457 e. The average Bonchev–Trinajstić information content (AvgIpc) is 3.18.